The molecule has 0 aliphatic carbocycles. The fourth-order valence-electron chi connectivity index (χ4n) is 2.49. The van der Waals surface area contributed by atoms with Crippen LogP contribution in [0.2, 0.25) is 0 Å². The third kappa shape index (κ3) is 3.89. The summed E-state index contributed by atoms with van der Waals surface area (Å²) in [5.41, 5.74) is 5.06. The maximum atomic E-state index is 4.15. The largest absolute Gasteiger partial charge is 0.316 e. The first-order chi connectivity index (χ1) is 9.06. The number of rotatable bonds is 5. The summed E-state index contributed by atoms with van der Waals surface area (Å²) in [4.78, 5) is 0. The highest BCUT2D eigenvalue weighted by Crippen LogP contribution is 2.12. The number of likely N-dealkylation sites (N-methyl/N-ethyl adjacent to an activating group) is 1. The molecule has 1 atom stereocenters. The molecule has 4 nitrogen and oxygen atoms in total. The van der Waals surface area contributed by atoms with E-state index < -0.39 is 0 Å². The molecule has 1 unspecified atom stereocenters. The standard InChI is InChI=1S/C15H22N4/c1-11-5-12(2)7-13(6-11)8-14(16-3)9-15-10-19(4)18-17-15/h5-7,10,14,16H,8-9H2,1-4H3. The first-order valence-corrected chi connectivity index (χ1v) is 6.66. The highest BCUT2D eigenvalue weighted by molar-refractivity contribution is 5.29. The molecule has 0 bridgehead atoms. The highest BCUT2D eigenvalue weighted by Gasteiger charge is 2.11. The molecule has 1 aromatic carbocycles. The van der Waals surface area contributed by atoms with Gasteiger partial charge in [0.1, 0.15) is 0 Å². The van der Waals surface area contributed by atoms with Crippen molar-refractivity contribution in [2.24, 2.45) is 7.05 Å². The number of nitrogens with one attached hydrogen (secondary N) is 1. The summed E-state index contributed by atoms with van der Waals surface area (Å²) in [7, 11) is 3.90. The molecular formula is C15H22N4. The molecule has 2 aromatic rings. The molecule has 0 fully saturated rings. The van der Waals surface area contributed by atoms with Gasteiger partial charge < -0.3 is 5.32 Å². The van der Waals surface area contributed by atoms with Crippen LogP contribution >= 0.6 is 0 Å². The van der Waals surface area contributed by atoms with Crippen LogP contribution in [0.25, 0.3) is 0 Å². The smallest absolute Gasteiger partial charge is 0.0842 e. The van der Waals surface area contributed by atoms with Crippen molar-refractivity contribution < 1.29 is 0 Å². The number of nitrogens with zero attached hydrogens (tertiary/aromatic N) is 3. The van der Waals surface area contributed by atoms with Crippen molar-refractivity contribution in [1.82, 2.24) is 20.3 Å². The Balaban J connectivity index is 2.06. The van der Waals surface area contributed by atoms with Gasteiger partial charge in [0.05, 0.1) is 5.69 Å². The van der Waals surface area contributed by atoms with Crippen molar-refractivity contribution in [3.63, 3.8) is 0 Å². The highest BCUT2D eigenvalue weighted by atomic mass is 15.4. The quantitative estimate of drug-likeness (QED) is 0.889. The van der Waals surface area contributed by atoms with Crippen molar-refractivity contribution >= 4 is 0 Å². The number of benzene rings is 1. The lowest BCUT2D eigenvalue weighted by Gasteiger charge is -2.15. The van der Waals surface area contributed by atoms with Crippen molar-refractivity contribution in [3.05, 3.63) is 46.8 Å². The van der Waals surface area contributed by atoms with Gasteiger partial charge in [-0.05, 0) is 32.9 Å². The summed E-state index contributed by atoms with van der Waals surface area (Å²) in [6, 6.07) is 7.11. The summed E-state index contributed by atoms with van der Waals surface area (Å²) in [5, 5.41) is 11.5. The van der Waals surface area contributed by atoms with Gasteiger partial charge in [-0.1, -0.05) is 34.5 Å². The lowest BCUT2D eigenvalue weighted by molar-refractivity contribution is 0.549. The molecule has 1 heterocycles. The molecule has 19 heavy (non-hydrogen) atoms. The van der Waals surface area contributed by atoms with Gasteiger partial charge in [0.15, 0.2) is 0 Å². The average Bonchev–Trinajstić information content (AvgIpc) is 2.72. The SMILES string of the molecule is CNC(Cc1cc(C)cc(C)c1)Cc1cn(C)nn1. The lowest BCUT2D eigenvalue weighted by atomic mass is 9.99. The van der Waals surface area contributed by atoms with E-state index >= 15 is 0 Å². The molecule has 1 N–H and O–H groups in total. The number of aryl methyl sites for hydroxylation is 3. The molecule has 102 valence electrons. The Hall–Kier alpha value is -1.68. The Labute approximate surface area is 114 Å². The minimum Gasteiger partial charge on any atom is -0.316 e. The second kappa shape index (κ2) is 5.97. The van der Waals surface area contributed by atoms with E-state index in [9.17, 15) is 0 Å². The molecule has 0 saturated heterocycles. The second-order valence-electron chi connectivity index (χ2n) is 5.27. The van der Waals surface area contributed by atoms with Crippen LogP contribution in [0.5, 0.6) is 0 Å². The van der Waals surface area contributed by atoms with E-state index in [1.807, 2.05) is 20.3 Å². The minimum atomic E-state index is 0.387. The van der Waals surface area contributed by atoms with Gasteiger partial charge in [-0.3, -0.25) is 4.68 Å². The van der Waals surface area contributed by atoms with Crippen LogP contribution in [0.3, 0.4) is 0 Å². The summed E-state index contributed by atoms with van der Waals surface area (Å²) in [6.45, 7) is 4.29. The Morgan fingerprint density at radius 1 is 1.16 bits per heavy atom. The molecule has 0 aliphatic rings. The monoisotopic (exact) mass is 258 g/mol. The molecule has 0 aliphatic heterocycles. The first-order valence-electron chi connectivity index (χ1n) is 6.66. The summed E-state index contributed by atoms with van der Waals surface area (Å²) in [6.07, 6.45) is 3.89. The Kier molecular flexibility index (Phi) is 4.32. The zero-order chi connectivity index (χ0) is 13.8. The van der Waals surface area contributed by atoms with Crippen LogP contribution in [0.15, 0.2) is 24.4 Å². The topological polar surface area (TPSA) is 42.7 Å². The van der Waals surface area contributed by atoms with E-state index in [0.717, 1.165) is 18.5 Å². The van der Waals surface area contributed by atoms with Gasteiger partial charge in [-0.25, -0.2) is 0 Å². The summed E-state index contributed by atoms with van der Waals surface area (Å²) < 4.78 is 1.75. The third-order valence-electron chi connectivity index (χ3n) is 3.28. The molecular weight excluding hydrogens is 236 g/mol. The fourth-order valence-corrected chi connectivity index (χ4v) is 2.49. The van der Waals surface area contributed by atoms with Crippen LogP contribution in [-0.2, 0) is 19.9 Å². The Morgan fingerprint density at radius 3 is 2.37 bits per heavy atom. The van der Waals surface area contributed by atoms with E-state index in [2.05, 4.69) is 47.7 Å². The summed E-state index contributed by atoms with van der Waals surface area (Å²) >= 11 is 0. The summed E-state index contributed by atoms with van der Waals surface area (Å²) in [5.74, 6) is 0. The molecule has 0 spiro atoms. The van der Waals surface area contributed by atoms with Crippen LogP contribution in [0, 0.1) is 13.8 Å². The van der Waals surface area contributed by atoms with E-state index in [-0.39, 0.29) is 0 Å². The maximum Gasteiger partial charge on any atom is 0.0842 e. The van der Waals surface area contributed by atoms with Gasteiger partial charge >= 0.3 is 0 Å². The van der Waals surface area contributed by atoms with Crippen LogP contribution in [0.4, 0.5) is 0 Å². The molecule has 0 amide bonds. The van der Waals surface area contributed by atoms with Gasteiger partial charge in [0.2, 0.25) is 0 Å². The van der Waals surface area contributed by atoms with Gasteiger partial charge in [-0.2, -0.15) is 0 Å². The second-order valence-corrected chi connectivity index (χ2v) is 5.27. The van der Waals surface area contributed by atoms with Gasteiger partial charge in [-0.15, -0.1) is 5.10 Å². The van der Waals surface area contributed by atoms with Crippen molar-refractivity contribution in [2.75, 3.05) is 7.05 Å². The van der Waals surface area contributed by atoms with Crippen molar-refractivity contribution in [2.45, 2.75) is 32.7 Å². The molecule has 1 aromatic heterocycles. The maximum absolute atomic E-state index is 4.15. The van der Waals surface area contributed by atoms with Crippen molar-refractivity contribution in [1.29, 1.82) is 0 Å². The molecule has 2 rings (SSSR count). The fraction of sp³-hybridized carbons (Fsp3) is 0.467. The van der Waals surface area contributed by atoms with Gasteiger partial charge in [0, 0.05) is 25.7 Å². The minimum absolute atomic E-state index is 0.387. The lowest BCUT2D eigenvalue weighted by Crippen LogP contribution is -2.30. The molecule has 4 heteroatoms. The van der Waals surface area contributed by atoms with Crippen LogP contribution < -0.4 is 5.32 Å². The predicted molar refractivity (Wildman–Crippen MR) is 77.2 cm³/mol. The normalized spacial score (nSPS) is 12.6. The number of hydrogen-bond donors (Lipinski definition) is 1. The number of aromatic nitrogens is 3. The first kappa shape index (κ1) is 13.7. The van der Waals surface area contributed by atoms with Gasteiger partial charge in [0.25, 0.3) is 0 Å². The van der Waals surface area contributed by atoms with E-state index in [1.54, 1.807) is 4.68 Å². The Bertz CT molecular complexity index is 525. The average molecular weight is 258 g/mol. The zero-order valence-electron chi connectivity index (χ0n) is 12.1. The molecule has 0 radical (unpaired) electrons. The van der Waals surface area contributed by atoms with Crippen molar-refractivity contribution in [3.8, 4) is 0 Å². The van der Waals surface area contributed by atoms with Crippen LogP contribution in [0.1, 0.15) is 22.4 Å². The van der Waals surface area contributed by atoms with Crippen LogP contribution in [-0.4, -0.2) is 28.1 Å². The van der Waals surface area contributed by atoms with E-state index in [4.69, 9.17) is 0 Å². The molecule has 0 saturated carbocycles. The third-order valence-corrected chi connectivity index (χ3v) is 3.28. The Morgan fingerprint density at radius 2 is 1.84 bits per heavy atom. The predicted octanol–water partition coefficient (Wildman–Crippen LogP) is 1.81. The van der Waals surface area contributed by atoms with E-state index in [0.29, 0.717) is 6.04 Å². The number of hydrogen-bond acceptors (Lipinski definition) is 3. The zero-order valence-corrected chi connectivity index (χ0v) is 12.1. The van der Waals surface area contributed by atoms with E-state index in [1.165, 1.54) is 16.7 Å².